The molecule has 0 aliphatic carbocycles. The van der Waals surface area contributed by atoms with Crippen LogP contribution in [0.3, 0.4) is 0 Å². The number of fused-ring (bicyclic) bond motifs is 6. The normalized spacial score (nSPS) is 23.3. The maximum Gasteiger partial charge on any atom is 0.412 e. The van der Waals surface area contributed by atoms with E-state index in [1.165, 1.54) is 7.11 Å². The Morgan fingerprint density at radius 2 is 2.00 bits per heavy atom. The third-order valence-electron chi connectivity index (χ3n) is 8.26. The van der Waals surface area contributed by atoms with Crippen molar-refractivity contribution in [2.75, 3.05) is 36.1 Å². The van der Waals surface area contributed by atoms with E-state index in [1.807, 2.05) is 0 Å². The molecule has 3 atom stereocenters. The highest BCUT2D eigenvalue weighted by Gasteiger charge is 2.47. The number of rotatable bonds is 2. The van der Waals surface area contributed by atoms with E-state index >= 15 is 0 Å². The molecule has 0 saturated carbocycles. The van der Waals surface area contributed by atoms with Crippen molar-refractivity contribution in [3.8, 4) is 11.3 Å². The van der Waals surface area contributed by atoms with Gasteiger partial charge in [-0.25, -0.2) is 14.6 Å². The highest BCUT2D eigenvalue weighted by Crippen LogP contribution is 2.44. The summed E-state index contributed by atoms with van der Waals surface area (Å²) in [5.74, 6) is -0.130. The van der Waals surface area contributed by atoms with Crippen LogP contribution in [0.15, 0.2) is 42.6 Å². The summed E-state index contributed by atoms with van der Waals surface area (Å²) < 4.78 is 10.6. The van der Waals surface area contributed by atoms with Crippen molar-refractivity contribution in [3.05, 3.63) is 59.0 Å². The summed E-state index contributed by atoms with van der Waals surface area (Å²) in [6.07, 6.45) is 3.28. The number of aromatic nitrogens is 2. The second-order valence-electron chi connectivity index (χ2n) is 11.1. The number of aliphatic hydroxyl groups excluding tert-OH is 1. The number of aromatic amines is 1. The molecule has 1 unspecified atom stereocenters. The van der Waals surface area contributed by atoms with Gasteiger partial charge in [-0.05, 0) is 68.5 Å². The fourth-order valence-corrected chi connectivity index (χ4v) is 6.38. The van der Waals surface area contributed by atoms with Gasteiger partial charge in [0.05, 0.1) is 31.0 Å². The van der Waals surface area contributed by atoms with Gasteiger partial charge in [0.25, 0.3) is 0 Å². The van der Waals surface area contributed by atoms with E-state index in [2.05, 4.69) is 20.9 Å². The highest BCUT2D eigenvalue weighted by atomic mass is 35.5. The number of hydrogen-bond donors (Lipinski definition) is 5. The van der Waals surface area contributed by atoms with Crippen LogP contribution < -0.4 is 16.0 Å². The van der Waals surface area contributed by atoms with Gasteiger partial charge in [-0.15, -0.1) is 0 Å². The Labute approximate surface area is 253 Å². The standard InChI is InChI=1S/C30H33ClN6O6/c1-42-28(40)33-18-8-9-19-23(14-18)34-25(38)6-3-2-5-20(26-32-15-24(19)35-26)27(39)37-12-4-11-30(16-37)21-13-17(31)7-10-22(21)36-29(41)43-30/h7-10,13-15,20,25,34,38H,2-6,11-12,16H2,1H3,(H,32,35)(H,33,40)(H,36,41)/t20-,25?,30-/m0/s1. The number of imidazole rings is 1. The van der Waals surface area contributed by atoms with E-state index in [0.29, 0.717) is 84.2 Å². The van der Waals surface area contributed by atoms with Crippen LogP contribution in [0.2, 0.25) is 5.02 Å². The molecule has 13 heteroatoms. The van der Waals surface area contributed by atoms with Crippen molar-refractivity contribution in [3.63, 3.8) is 0 Å². The summed E-state index contributed by atoms with van der Waals surface area (Å²) in [5.41, 5.74) is 2.73. The molecule has 1 saturated heterocycles. The van der Waals surface area contributed by atoms with Crippen LogP contribution in [-0.2, 0) is 19.9 Å². The zero-order chi connectivity index (χ0) is 30.1. The summed E-state index contributed by atoms with van der Waals surface area (Å²) in [4.78, 5) is 48.3. The Morgan fingerprint density at radius 3 is 2.84 bits per heavy atom. The summed E-state index contributed by atoms with van der Waals surface area (Å²) in [6, 6.07) is 10.5. The first-order valence-corrected chi connectivity index (χ1v) is 14.7. The number of carbonyl (C=O) groups excluding carboxylic acids is 3. The zero-order valence-electron chi connectivity index (χ0n) is 23.6. The number of carbonyl (C=O) groups is 3. The van der Waals surface area contributed by atoms with Crippen LogP contribution in [0.5, 0.6) is 0 Å². The SMILES string of the molecule is COC(=O)Nc1ccc2c(c1)NC(O)CCCC[C@H](C(=O)N1CCC[C@@]3(C1)OC(=O)Nc1ccc(Cl)cc13)c1nc-2c[nH]1. The van der Waals surface area contributed by atoms with Crippen molar-refractivity contribution in [1.29, 1.82) is 0 Å². The largest absolute Gasteiger partial charge is 0.453 e. The Kier molecular flexibility index (Phi) is 7.89. The quantitative estimate of drug-likeness (QED) is 0.259. The minimum atomic E-state index is -0.999. The van der Waals surface area contributed by atoms with Gasteiger partial charge in [0.2, 0.25) is 5.91 Å². The summed E-state index contributed by atoms with van der Waals surface area (Å²) >= 11 is 6.32. The lowest BCUT2D eigenvalue weighted by Crippen LogP contribution is -2.54. The lowest BCUT2D eigenvalue weighted by atomic mass is 9.83. The second-order valence-corrected chi connectivity index (χ2v) is 11.5. The van der Waals surface area contributed by atoms with Crippen LogP contribution >= 0.6 is 11.6 Å². The van der Waals surface area contributed by atoms with Gasteiger partial charge < -0.3 is 29.8 Å². The first kappa shape index (κ1) is 28.8. The molecule has 2 aromatic carbocycles. The maximum absolute atomic E-state index is 14.2. The molecule has 1 aromatic heterocycles. The molecule has 1 spiro atoms. The van der Waals surface area contributed by atoms with Gasteiger partial charge in [-0.2, -0.15) is 0 Å². The molecule has 3 aliphatic heterocycles. The number of piperidine rings is 1. The summed E-state index contributed by atoms with van der Waals surface area (Å²) in [6.45, 7) is 0.727. The van der Waals surface area contributed by atoms with E-state index in [-0.39, 0.29) is 12.5 Å². The smallest absolute Gasteiger partial charge is 0.412 e. The fraction of sp³-hybridized carbons (Fsp3) is 0.400. The predicted molar refractivity (Wildman–Crippen MR) is 160 cm³/mol. The highest BCUT2D eigenvalue weighted by molar-refractivity contribution is 6.30. The number of likely N-dealkylation sites (tertiary alicyclic amines) is 1. The van der Waals surface area contributed by atoms with Crippen LogP contribution in [0.4, 0.5) is 26.7 Å². The number of methoxy groups -OCH3 is 1. The van der Waals surface area contributed by atoms with E-state index in [1.54, 1.807) is 47.5 Å². The van der Waals surface area contributed by atoms with Gasteiger partial charge >= 0.3 is 12.2 Å². The Hall–Kier alpha value is -4.29. The minimum Gasteiger partial charge on any atom is -0.453 e. The van der Waals surface area contributed by atoms with Gasteiger partial charge in [-0.3, -0.25) is 15.4 Å². The number of nitrogens with zero attached hydrogens (tertiary/aromatic N) is 2. The molecule has 226 valence electrons. The molecule has 4 heterocycles. The molecule has 3 amide bonds. The first-order valence-electron chi connectivity index (χ1n) is 14.3. The minimum absolute atomic E-state index is 0.105. The van der Waals surface area contributed by atoms with Crippen LogP contribution in [0.25, 0.3) is 11.3 Å². The van der Waals surface area contributed by atoms with Gasteiger partial charge in [0.15, 0.2) is 5.60 Å². The molecule has 3 aliphatic rings. The summed E-state index contributed by atoms with van der Waals surface area (Å²) in [5, 5.41) is 19.8. The number of anilines is 3. The van der Waals surface area contributed by atoms with Crippen molar-refractivity contribution >= 4 is 46.8 Å². The Balaban J connectivity index is 1.30. The fourth-order valence-electron chi connectivity index (χ4n) is 6.21. The molecular weight excluding hydrogens is 576 g/mol. The number of benzene rings is 2. The Bertz CT molecular complexity index is 1560. The molecule has 1 fully saturated rings. The number of hydrogen-bond acceptors (Lipinski definition) is 8. The topological polar surface area (TPSA) is 158 Å². The molecule has 0 radical (unpaired) electrons. The van der Waals surface area contributed by atoms with Crippen molar-refractivity contribution in [1.82, 2.24) is 14.9 Å². The zero-order valence-corrected chi connectivity index (χ0v) is 24.4. The molecule has 12 nitrogen and oxygen atoms in total. The molecule has 6 rings (SSSR count). The molecular formula is C30H33ClN6O6. The average Bonchev–Trinajstić information content (AvgIpc) is 3.47. The van der Waals surface area contributed by atoms with Gasteiger partial charge in [-0.1, -0.05) is 18.0 Å². The van der Waals surface area contributed by atoms with Crippen molar-refractivity contribution in [2.45, 2.75) is 56.3 Å². The van der Waals surface area contributed by atoms with Crippen LogP contribution in [-0.4, -0.2) is 64.5 Å². The van der Waals surface area contributed by atoms with Gasteiger partial charge in [0.1, 0.15) is 12.1 Å². The number of aliphatic hydroxyl groups is 1. The number of H-pyrrole nitrogens is 1. The third kappa shape index (κ3) is 5.84. The number of ether oxygens (including phenoxy) is 2. The van der Waals surface area contributed by atoms with Crippen molar-refractivity contribution in [2.24, 2.45) is 0 Å². The second kappa shape index (κ2) is 11.8. The molecule has 5 N–H and O–H groups in total. The third-order valence-corrected chi connectivity index (χ3v) is 8.49. The van der Waals surface area contributed by atoms with Crippen molar-refractivity contribution < 1.29 is 29.0 Å². The lowest BCUT2D eigenvalue weighted by molar-refractivity contribution is -0.141. The lowest BCUT2D eigenvalue weighted by Gasteiger charge is -2.45. The Morgan fingerprint density at radius 1 is 1.16 bits per heavy atom. The summed E-state index contributed by atoms with van der Waals surface area (Å²) in [7, 11) is 1.28. The molecule has 2 bridgehead atoms. The number of halogens is 1. The average molecular weight is 609 g/mol. The van der Waals surface area contributed by atoms with E-state index in [9.17, 15) is 19.5 Å². The van der Waals surface area contributed by atoms with E-state index in [0.717, 1.165) is 5.56 Å². The maximum atomic E-state index is 14.2. The van der Waals surface area contributed by atoms with Crippen LogP contribution in [0.1, 0.15) is 55.8 Å². The molecule has 3 aromatic rings. The van der Waals surface area contributed by atoms with Gasteiger partial charge in [0, 0.05) is 40.3 Å². The molecule has 43 heavy (non-hydrogen) atoms. The van der Waals surface area contributed by atoms with Crippen LogP contribution in [0, 0.1) is 0 Å². The number of nitrogens with one attached hydrogen (secondary N) is 4. The first-order chi connectivity index (χ1) is 20.7. The number of amides is 3. The predicted octanol–water partition coefficient (Wildman–Crippen LogP) is 5.38. The monoisotopic (exact) mass is 608 g/mol. The van der Waals surface area contributed by atoms with E-state index in [4.69, 9.17) is 26.1 Å². The van der Waals surface area contributed by atoms with E-state index < -0.39 is 29.9 Å².